The first-order valence-corrected chi connectivity index (χ1v) is 10.2. The SMILES string of the molecule is O=C(OC(CNC1CCCCC1)CS(=O)(=O)[O-])c1ccc(C(F)(F)F)cc1. The van der Waals surface area contributed by atoms with Gasteiger partial charge in [-0.1, -0.05) is 19.3 Å². The zero-order valence-electron chi connectivity index (χ0n) is 14.5. The van der Waals surface area contributed by atoms with Gasteiger partial charge < -0.3 is 14.6 Å². The Labute approximate surface area is 155 Å². The van der Waals surface area contributed by atoms with Crippen molar-refractivity contribution in [2.75, 3.05) is 12.3 Å². The van der Waals surface area contributed by atoms with E-state index in [-0.39, 0.29) is 18.2 Å². The second kappa shape index (κ2) is 9.03. The van der Waals surface area contributed by atoms with Crippen molar-refractivity contribution in [3.8, 4) is 0 Å². The molecule has 0 bridgehead atoms. The number of carbonyl (C=O) groups excluding carboxylic acids is 1. The maximum atomic E-state index is 12.6. The topological polar surface area (TPSA) is 95.5 Å². The molecule has 1 unspecified atom stereocenters. The van der Waals surface area contributed by atoms with E-state index in [1.54, 1.807) is 0 Å². The first-order chi connectivity index (χ1) is 12.5. The number of alkyl halides is 3. The Balaban J connectivity index is 2.00. The summed E-state index contributed by atoms with van der Waals surface area (Å²) in [5, 5.41) is 3.10. The van der Waals surface area contributed by atoms with Crippen molar-refractivity contribution in [2.45, 2.75) is 50.4 Å². The van der Waals surface area contributed by atoms with E-state index in [4.69, 9.17) is 4.74 Å². The highest BCUT2D eigenvalue weighted by Gasteiger charge is 2.30. The van der Waals surface area contributed by atoms with Gasteiger partial charge in [-0.05, 0) is 37.1 Å². The van der Waals surface area contributed by atoms with E-state index >= 15 is 0 Å². The number of hydrogen-bond donors (Lipinski definition) is 1. The number of carbonyl (C=O) groups is 1. The summed E-state index contributed by atoms with van der Waals surface area (Å²) in [5.74, 6) is -1.89. The molecule has 1 aromatic carbocycles. The van der Waals surface area contributed by atoms with E-state index in [9.17, 15) is 30.9 Å². The number of benzene rings is 1. The highest BCUT2D eigenvalue weighted by molar-refractivity contribution is 7.85. The Morgan fingerprint density at radius 2 is 1.78 bits per heavy atom. The van der Waals surface area contributed by atoms with Crippen LogP contribution < -0.4 is 5.32 Å². The number of nitrogens with one attached hydrogen (secondary N) is 1. The number of hydrogen-bond acceptors (Lipinski definition) is 6. The molecule has 1 aromatic rings. The maximum Gasteiger partial charge on any atom is 0.416 e. The zero-order chi connectivity index (χ0) is 20.1. The third-order valence-electron chi connectivity index (χ3n) is 4.35. The molecule has 0 amide bonds. The largest absolute Gasteiger partial charge is 0.748 e. The Bertz CT molecular complexity index is 728. The highest BCUT2D eigenvalue weighted by Crippen LogP contribution is 2.29. The minimum atomic E-state index is -4.65. The van der Waals surface area contributed by atoms with Crippen molar-refractivity contribution in [3.63, 3.8) is 0 Å². The van der Waals surface area contributed by atoms with Crippen LogP contribution in [0.3, 0.4) is 0 Å². The van der Waals surface area contributed by atoms with Crippen LogP contribution in [0.5, 0.6) is 0 Å². The molecule has 0 spiro atoms. The van der Waals surface area contributed by atoms with Gasteiger partial charge in [0.05, 0.1) is 27.0 Å². The Morgan fingerprint density at radius 1 is 1.19 bits per heavy atom. The third-order valence-corrected chi connectivity index (χ3v) is 5.13. The molecule has 0 aromatic heterocycles. The summed E-state index contributed by atoms with van der Waals surface area (Å²) in [6.45, 7) is -0.0154. The summed E-state index contributed by atoms with van der Waals surface area (Å²) in [5.41, 5.74) is -1.08. The fourth-order valence-corrected chi connectivity index (χ4v) is 3.62. The van der Waals surface area contributed by atoms with Crippen LogP contribution in [0.15, 0.2) is 24.3 Å². The molecule has 6 nitrogen and oxygen atoms in total. The average Bonchev–Trinajstić information content (AvgIpc) is 2.58. The average molecular weight is 408 g/mol. The van der Waals surface area contributed by atoms with Gasteiger partial charge >= 0.3 is 12.1 Å². The van der Waals surface area contributed by atoms with Crippen LogP contribution in [-0.2, 0) is 21.0 Å². The number of esters is 1. The van der Waals surface area contributed by atoms with Gasteiger partial charge in [0.2, 0.25) is 0 Å². The molecular weight excluding hydrogens is 387 g/mol. The minimum absolute atomic E-state index is 0.0154. The van der Waals surface area contributed by atoms with E-state index in [0.29, 0.717) is 0 Å². The molecule has 1 aliphatic carbocycles. The first kappa shape index (κ1) is 21.6. The van der Waals surface area contributed by atoms with Gasteiger partial charge in [-0.25, -0.2) is 13.2 Å². The number of ether oxygens (including phenoxy) is 1. The molecule has 1 aliphatic rings. The fraction of sp³-hybridized carbons (Fsp3) is 0.588. The maximum absolute atomic E-state index is 12.6. The number of rotatable bonds is 7. The monoisotopic (exact) mass is 408 g/mol. The molecule has 0 saturated heterocycles. The molecule has 1 N–H and O–H groups in total. The predicted octanol–water partition coefficient (Wildman–Crippen LogP) is 2.70. The second-order valence-electron chi connectivity index (χ2n) is 6.57. The lowest BCUT2D eigenvalue weighted by Crippen LogP contribution is -2.41. The van der Waals surface area contributed by atoms with E-state index in [2.05, 4.69) is 5.32 Å². The fourth-order valence-electron chi connectivity index (χ4n) is 2.98. The van der Waals surface area contributed by atoms with Crippen LogP contribution in [0.25, 0.3) is 0 Å². The predicted molar refractivity (Wildman–Crippen MR) is 90.1 cm³/mol. The van der Waals surface area contributed by atoms with Crippen molar-refractivity contribution in [3.05, 3.63) is 35.4 Å². The molecule has 1 fully saturated rings. The molecule has 0 aliphatic heterocycles. The lowest BCUT2D eigenvalue weighted by molar-refractivity contribution is -0.137. The van der Waals surface area contributed by atoms with Crippen molar-refractivity contribution < 1.29 is 35.7 Å². The Hall–Kier alpha value is -1.65. The van der Waals surface area contributed by atoms with Crippen LogP contribution in [-0.4, -0.2) is 43.4 Å². The summed E-state index contributed by atoms with van der Waals surface area (Å²) in [6, 6.07) is 3.51. The molecule has 0 heterocycles. The van der Waals surface area contributed by atoms with E-state index in [1.807, 2.05) is 0 Å². The van der Waals surface area contributed by atoms with E-state index in [1.165, 1.54) is 0 Å². The summed E-state index contributed by atoms with van der Waals surface area (Å²) in [7, 11) is -4.65. The molecular formula is C17H21F3NO5S-. The van der Waals surface area contributed by atoms with Gasteiger partial charge in [-0.2, -0.15) is 13.2 Å². The summed E-state index contributed by atoms with van der Waals surface area (Å²) in [4.78, 5) is 12.1. The molecule has 0 radical (unpaired) electrons. The van der Waals surface area contributed by atoms with Gasteiger partial charge in [-0.15, -0.1) is 0 Å². The van der Waals surface area contributed by atoms with Crippen LogP contribution in [0.4, 0.5) is 13.2 Å². The summed E-state index contributed by atoms with van der Waals surface area (Å²) >= 11 is 0. The first-order valence-electron chi connectivity index (χ1n) is 8.60. The zero-order valence-corrected chi connectivity index (χ0v) is 15.3. The molecule has 152 valence electrons. The number of halogens is 3. The molecule has 27 heavy (non-hydrogen) atoms. The summed E-state index contributed by atoms with van der Waals surface area (Å²) < 4.78 is 76.0. The van der Waals surface area contributed by atoms with E-state index in [0.717, 1.165) is 56.4 Å². The normalized spacial score (nSPS) is 17.5. The quantitative estimate of drug-likeness (QED) is 0.551. The summed E-state index contributed by atoms with van der Waals surface area (Å²) in [6.07, 6.45) is -0.747. The van der Waals surface area contributed by atoms with Gasteiger partial charge in [0.25, 0.3) is 0 Å². The Morgan fingerprint density at radius 3 is 2.30 bits per heavy atom. The van der Waals surface area contributed by atoms with Gasteiger partial charge in [0, 0.05) is 12.6 Å². The van der Waals surface area contributed by atoms with Crippen molar-refractivity contribution in [1.82, 2.24) is 5.32 Å². The van der Waals surface area contributed by atoms with Crippen LogP contribution in [0.2, 0.25) is 0 Å². The lowest BCUT2D eigenvalue weighted by Gasteiger charge is -2.26. The highest BCUT2D eigenvalue weighted by atomic mass is 32.2. The van der Waals surface area contributed by atoms with Crippen molar-refractivity contribution in [1.29, 1.82) is 0 Å². The van der Waals surface area contributed by atoms with E-state index < -0.39 is 39.7 Å². The lowest BCUT2D eigenvalue weighted by atomic mass is 9.95. The van der Waals surface area contributed by atoms with Crippen LogP contribution in [0, 0.1) is 0 Å². The van der Waals surface area contributed by atoms with Gasteiger partial charge in [0.1, 0.15) is 6.10 Å². The molecule has 1 atom stereocenters. The molecule has 2 rings (SSSR count). The van der Waals surface area contributed by atoms with Crippen LogP contribution >= 0.6 is 0 Å². The van der Waals surface area contributed by atoms with Crippen molar-refractivity contribution >= 4 is 16.1 Å². The molecule has 10 heteroatoms. The van der Waals surface area contributed by atoms with Crippen molar-refractivity contribution in [2.24, 2.45) is 0 Å². The standard InChI is InChI=1S/C17H22F3NO5S/c18-17(19,20)13-8-6-12(7-9-13)16(22)26-15(11-27(23,24)25)10-21-14-4-2-1-3-5-14/h6-9,14-15,21H,1-5,10-11H2,(H,23,24,25)/p-1. The smallest absolute Gasteiger partial charge is 0.416 e. The van der Waals surface area contributed by atoms with Gasteiger partial charge in [-0.3, -0.25) is 0 Å². The third kappa shape index (κ3) is 7.47. The minimum Gasteiger partial charge on any atom is -0.748 e. The molecule has 1 saturated carbocycles. The van der Waals surface area contributed by atoms with Crippen LogP contribution in [0.1, 0.15) is 48.0 Å². The Kier molecular flexibility index (Phi) is 7.24. The second-order valence-corrected chi connectivity index (χ2v) is 8.02. The van der Waals surface area contributed by atoms with Gasteiger partial charge in [0.15, 0.2) is 0 Å².